The standard InChI is InChI=1S/C11H24O3Si.C3H8O3/c1-5-8-11(12-2)9-6-7-10-15(11,13-3)14-4;4-1-3(6)2-5/h5-10H2,1-4H3;3-6H,1-2H2. The molecule has 0 saturated carbocycles. The van der Waals surface area contributed by atoms with Crippen molar-refractivity contribution >= 4 is 8.56 Å². The van der Waals surface area contributed by atoms with E-state index in [9.17, 15) is 0 Å². The van der Waals surface area contributed by atoms with E-state index in [0.29, 0.717) is 0 Å². The summed E-state index contributed by atoms with van der Waals surface area (Å²) in [7, 11) is 3.22. The Morgan fingerprint density at radius 3 is 2.00 bits per heavy atom. The van der Waals surface area contributed by atoms with E-state index in [1.54, 1.807) is 21.3 Å². The maximum absolute atomic E-state index is 8.17. The highest BCUT2D eigenvalue weighted by Gasteiger charge is 2.58. The van der Waals surface area contributed by atoms with Crippen molar-refractivity contribution in [1.82, 2.24) is 0 Å². The summed E-state index contributed by atoms with van der Waals surface area (Å²) in [5.41, 5.74) is 0. The van der Waals surface area contributed by atoms with E-state index >= 15 is 0 Å². The molecule has 1 unspecified atom stereocenters. The smallest absolute Gasteiger partial charge is 0.370 e. The second-order valence-corrected chi connectivity index (χ2v) is 9.07. The predicted octanol–water partition coefficient (Wildman–Crippen LogP) is 0.962. The molecular formula is C14H32O6Si. The fourth-order valence-corrected chi connectivity index (χ4v) is 6.97. The summed E-state index contributed by atoms with van der Waals surface area (Å²) in [6.07, 6.45) is 4.75. The predicted molar refractivity (Wildman–Crippen MR) is 83.3 cm³/mol. The molecule has 0 radical (unpaired) electrons. The summed E-state index contributed by atoms with van der Waals surface area (Å²) < 4.78 is 17.4. The van der Waals surface area contributed by atoms with Crippen LogP contribution in [0.25, 0.3) is 0 Å². The quantitative estimate of drug-likeness (QED) is 0.605. The highest BCUT2D eigenvalue weighted by atomic mass is 28.4. The summed E-state index contributed by atoms with van der Waals surface area (Å²) in [5, 5.41) is 23.9. The Kier molecular flexibility index (Phi) is 10.6. The van der Waals surface area contributed by atoms with E-state index in [2.05, 4.69) is 6.92 Å². The zero-order valence-corrected chi connectivity index (χ0v) is 14.8. The highest BCUT2D eigenvalue weighted by molar-refractivity contribution is 6.70. The summed E-state index contributed by atoms with van der Waals surface area (Å²) in [5.74, 6) is 0. The number of rotatable bonds is 7. The topological polar surface area (TPSA) is 88.4 Å². The monoisotopic (exact) mass is 324 g/mol. The van der Waals surface area contributed by atoms with Crippen LogP contribution in [0.15, 0.2) is 0 Å². The maximum Gasteiger partial charge on any atom is 0.370 e. The minimum Gasteiger partial charge on any atom is -0.396 e. The Hall–Kier alpha value is -0.0231. The van der Waals surface area contributed by atoms with Crippen molar-refractivity contribution < 1.29 is 28.9 Å². The van der Waals surface area contributed by atoms with Crippen molar-refractivity contribution in [3.05, 3.63) is 0 Å². The van der Waals surface area contributed by atoms with Crippen molar-refractivity contribution in [3.8, 4) is 0 Å². The lowest BCUT2D eigenvalue weighted by Gasteiger charge is -2.47. The number of ether oxygens (including phenoxy) is 1. The molecule has 1 heterocycles. The lowest BCUT2D eigenvalue weighted by molar-refractivity contribution is -0.0149. The van der Waals surface area contributed by atoms with Gasteiger partial charge < -0.3 is 28.9 Å². The number of hydrogen-bond donors (Lipinski definition) is 3. The minimum absolute atomic E-state index is 0.122. The molecule has 21 heavy (non-hydrogen) atoms. The Morgan fingerprint density at radius 2 is 1.67 bits per heavy atom. The van der Waals surface area contributed by atoms with Crippen molar-refractivity contribution in [2.24, 2.45) is 0 Å². The van der Waals surface area contributed by atoms with Crippen LogP contribution < -0.4 is 0 Å². The summed E-state index contributed by atoms with van der Waals surface area (Å²) in [6, 6.07) is 1.06. The molecule has 0 spiro atoms. The van der Waals surface area contributed by atoms with Gasteiger partial charge in [0.2, 0.25) is 0 Å². The summed E-state index contributed by atoms with van der Waals surface area (Å²) in [4.78, 5) is 0. The van der Waals surface area contributed by atoms with Gasteiger partial charge in [-0.3, -0.25) is 0 Å². The molecule has 1 aliphatic rings. The third kappa shape index (κ3) is 5.28. The fraction of sp³-hybridized carbons (Fsp3) is 1.00. The van der Waals surface area contributed by atoms with Gasteiger partial charge >= 0.3 is 8.56 Å². The third-order valence-corrected chi connectivity index (χ3v) is 8.58. The van der Waals surface area contributed by atoms with Gasteiger partial charge in [0.15, 0.2) is 0 Å². The van der Waals surface area contributed by atoms with E-state index in [1.807, 2.05) is 0 Å². The van der Waals surface area contributed by atoms with Crippen molar-refractivity contribution in [3.63, 3.8) is 0 Å². The molecule has 1 saturated heterocycles. The molecule has 6 nitrogen and oxygen atoms in total. The SMILES string of the molecule is CCCC1(OC)CCCC[Si]1(OC)OC.OCC(O)CO. The Morgan fingerprint density at radius 1 is 1.10 bits per heavy atom. The van der Waals surface area contributed by atoms with Crippen molar-refractivity contribution in [2.75, 3.05) is 34.5 Å². The lowest BCUT2D eigenvalue weighted by atomic mass is 10.1. The maximum atomic E-state index is 8.17. The summed E-state index contributed by atoms with van der Waals surface area (Å²) in [6.45, 7) is 1.47. The van der Waals surface area contributed by atoms with Crippen LogP contribution in [-0.2, 0) is 13.6 Å². The number of aliphatic hydroxyl groups is 3. The van der Waals surface area contributed by atoms with Gasteiger partial charge in [-0.2, -0.15) is 0 Å². The normalized spacial score (nSPS) is 24.6. The first-order valence-corrected chi connectivity index (χ1v) is 9.59. The molecule has 7 heteroatoms. The van der Waals surface area contributed by atoms with Gasteiger partial charge in [0.25, 0.3) is 0 Å². The Balaban J connectivity index is 0.000000567. The average Bonchev–Trinajstić information content (AvgIpc) is 2.55. The molecule has 1 aliphatic heterocycles. The van der Waals surface area contributed by atoms with Crippen LogP contribution in [0.5, 0.6) is 0 Å². The van der Waals surface area contributed by atoms with Gasteiger partial charge in [0.05, 0.1) is 13.2 Å². The second kappa shape index (κ2) is 10.7. The Labute approximate surface area is 129 Å². The molecule has 1 fully saturated rings. The first kappa shape index (κ1) is 21.0. The van der Waals surface area contributed by atoms with Crippen molar-refractivity contribution in [2.45, 2.75) is 56.4 Å². The summed E-state index contributed by atoms with van der Waals surface area (Å²) >= 11 is 0. The molecular weight excluding hydrogens is 292 g/mol. The van der Waals surface area contributed by atoms with Crippen molar-refractivity contribution in [1.29, 1.82) is 0 Å². The van der Waals surface area contributed by atoms with E-state index in [0.717, 1.165) is 25.3 Å². The van der Waals surface area contributed by atoms with Gasteiger partial charge in [-0.1, -0.05) is 26.2 Å². The molecule has 128 valence electrons. The molecule has 0 aliphatic carbocycles. The molecule has 1 rings (SSSR count). The molecule has 0 aromatic rings. The zero-order valence-electron chi connectivity index (χ0n) is 13.8. The molecule has 0 aromatic carbocycles. The average molecular weight is 324 g/mol. The van der Waals surface area contributed by atoms with Gasteiger partial charge in [-0.15, -0.1) is 0 Å². The molecule has 0 amide bonds. The number of methoxy groups -OCH3 is 1. The van der Waals surface area contributed by atoms with Crippen LogP contribution in [0, 0.1) is 0 Å². The number of aliphatic hydroxyl groups excluding tert-OH is 3. The third-order valence-electron chi connectivity index (χ3n) is 4.16. The first-order valence-electron chi connectivity index (χ1n) is 7.56. The molecule has 0 bridgehead atoms. The van der Waals surface area contributed by atoms with E-state index in [-0.39, 0.29) is 18.4 Å². The van der Waals surface area contributed by atoms with Crippen LogP contribution in [0.2, 0.25) is 6.04 Å². The second-order valence-electron chi connectivity index (χ2n) is 5.34. The van der Waals surface area contributed by atoms with Gasteiger partial charge in [-0.25, -0.2) is 0 Å². The van der Waals surface area contributed by atoms with Gasteiger partial charge in [-0.05, 0) is 18.9 Å². The van der Waals surface area contributed by atoms with E-state index in [1.165, 1.54) is 12.8 Å². The molecule has 1 atom stereocenters. The van der Waals surface area contributed by atoms with Crippen LogP contribution in [-0.4, -0.2) is 69.8 Å². The zero-order chi connectivity index (χ0) is 16.4. The number of hydrogen-bond acceptors (Lipinski definition) is 6. The van der Waals surface area contributed by atoms with E-state index in [4.69, 9.17) is 28.9 Å². The minimum atomic E-state index is -2.15. The van der Waals surface area contributed by atoms with Crippen LogP contribution in [0.1, 0.15) is 39.0 Å². The van der Waals surface area contributed by atoms with Crippen LogP contribution in [0.4, 0.5) is 0 Å². The fourth-order valence-electron chi connectivity index (χ4n) is 2.98. The van der Waals surface area contributed by atoms with Gasteiger partial charge in [0.1, 0.15) is 11.3 Å². The first-order chi connectivity index (χ1) is 10.0. The molecule has 3 N–H and O–H groups in total. The van der Waals surface area contributed by atoms with E-state index < -0.39 is 14.7 Å². The van der Waals surface area contributed by atoms with Gasteiger partial charge in [0, 0.05) is 21.3 Å². The largest absolute Gasteiger partial charge is 0.396 e. The van der Waals surface area contributed by atoms with Crippen LogP contribution >= 0.6 is 0 Å². The molecule has 0 aromatic heterocycles. The Bertz CT molecular complexity index is 254. The lowest BCUT2D eigenvalue weighted by Crippen LogP contribution is -2.64. The van der Waals surface area contributed by atoms with Crippen LogP contribution in [0.3, 0.4) is 0 Å². The highest BCUT2D eigenvalue weighted by Crippen LogP contribution is 2.42.